The van der Waals surface area contributed by atoms with E-state index in [0.717, 1.165) is 0 Å². The number of hydrogen-bond donors (Lipinski definition) is 0. The second-order valence-electron chi connectivity index (χ2n) is 7.19. The summed E-state index contributed by atoms with van der Waals surface area (Å²) in [5.74, 6) is -3.26. The van der Waals surface area contributed by atoms with E-state index in [2.05, 4.69) is 0 Å². The minimum absolute atomic E-state index is 0.134. The van der Waals surface area contributed by atoms with E-state index in [1.54, 1.807) is 0 Å². The molecule has 2 saturated carbocycles. The Balaban J connectivity index is 2.64. The van der Waals surface area contributed by atoms with E-state index in [4.69, 9.17) is 9.47 Å². The van der Waals surface area contributed by atoms with Crippen LogP contribution in [0.3, 0.4) is 0 Å². The van der Waals surface area contributed by atoms with Crippen LogP contribution in [0.1, 0.15) is 51.4 Å². The lowest BCUT2D eigenvalue weighted by Gasteiger charge is -2.53. The van der Waals surface area contributed by atoms with Crippen LogP contribution in [0.4, 0.5) is 26.3 Å². The maximum absolute atomic E-state index is 14.2. The number of halogens is 6. The molecule has 0 aromatic carbocycles. The van der Waals surface area contributed by atoms with Crippen LogP contribution in [0.2, 0.25) is 0 Å². The molecular formula is C17H26F6O2. The minimum Gasteiger partial charge on any atom is -0.381 e. The van der Waals surface area contributed by atoms with Crippen molar-refractivity contribution >= 4 is 0 Å². The normalized spacial score (nSPS) is 32.6. The Morgan fingerprint density at radius 3 is 1.20 bits per heavy atom. The van der Waals surface area contributed by atoms with Gasteiger partial charge in [-0.15, -0.1) is 0 Å². The van der Waals surface area contributed by atoms with Crippen molar-refractivity contribution in [1.82, 2.24) is 0 Å². The first-order valence-corrected chi connectivity index (χ1v) is 8.80. The molecule has 0 aromatic heterocycles. The van der Waals surface area contributed by atoms with Crippen molar-refractivity contribution in [3.63, 3.8) is 0 Å². The highest BCUT2D eigenvalue weighted by Gasteiger charge is 2.78. The molecule has 8 heteroatoms. The SMILES string of the molecule is COC1CCCCC1C(C1CCCCC1OC)(C(F)(F)F)C(F)(F)F. The highest BCUT2D eigenvalue weighted by atomic mass is 19.4. The molecule has 25 heavy (non-hydrogen) atoms. The van der Waals surface area contributed by atoms with Crippen molar-refractivity contribution in [2.75, 3.05) is 14.2 Å². The smallest absolute Gasteiger partial charge is 0.381 e. The standard InChI is InChI=1S/C17H26F6O2/c1-24-13-9-5-3-7-11(13)15(16(18,19)20,17(21,22)23)12-8-4-6-10-14(12)25-2/h11-14H,3-10H2,1-2H3. The van der Waals surface area contributed by atoms with Gasteiger partial charge in [0, 0.05) is 26.1 Å². The monoisotopic (exact) mass is 376 g/mol. The fourth-order valence-corrected chi connectivity index (χ4v) is 5.08. The van der Waals surface area contributed by atoms with Crippen LogP contribution >= 0.6 is 0 Å². The van der Waals surface area contributed by atoms with E-state index < -0.39 is 41.8 Å². The molecule has 2 aliphatic carbocycles. The number of hydrogen-bond acceptors (Lipinski definition) is 2. The van der Waals surface area contributed by atoms with E-state index in [0.29, 0.717) is 25.7 Å². The van der Waals surface area contributed by atoms with Crippen molar-refractivity contribution in [2.24, 2.45) is 17.3 Å². The van der Waals surface area contributed by atoms with Gasteiger partial charge in [0.05, 0.1) is 12.2 Å². The van der Waals surface area contributed by atoms with Gasteiger partial charge in [0.1, 0.15) is 0 Å². The summed E-state index contributed by atoms with van der Waals surface area (Å²) in [7, 11) is 2.41. The molecule has 2 rings (SSSR count). The summed E-state index contributed by atoms with van der Waals surface area (Å²) in [5, 5.41) is 0. The van der Waals surface area contributed by atoms with Gasteiger partial charge >= 0.3 is 12.4 Å². The molecule has 0 heterocycles. The predicted octanol–water partition coefficient (Wildman–Crippen LogP) is 5.51. The Bertz CT molecular complexity index is 394. The topological polar surface area (TPSA) is 18.5 Å². The first-order valence-electron chi connectivity index (χ1n) is 8.80. The Kier molecular flexibility index (Phi) is 6.35. The lowest BCUT2D eigenvalue weighted by Crippen LogP contribution is -2.65. The first kappa shape index (κ1) is 20.8. The third kappa shape index (κ3) is 3.53. The minimum atomic E-state index is -5.41. The number of ether oxygens (including phenoxy) is 2. The average molecular weight is 376 g/mol. The summed E-state index contributed by atoms with van der Waals surface area (Å²) >= 11 is 0. The molecule has 0 radical (unpaired) electrons. The third-order valence-corrected chi connectivity index (χ3v) is 6.12. The summed E-state index contributed by atoms with van der Waals surface area (Å²) in [5.41, 5.74) is -3.79. The average Bonchev–Trinajstić information content (AvgIpc) is 2.53. The first-order chi connectivity index (χ1) is 11.6. The third-order valence-electron chi connectivity index (χ3n) is 6.12. The summed E-state index contributed by atoms with van der Waals surface area (Å²) in [4.78, 5) is 0. The lowest BCUT2D eigenvalue weighted by molar-refractivity contribution is -0.395. The van der Waals surface area contributed by atoms with Crippen molar-refractivity contribution in [3.05, 3.63) is 0 Å². The fourth-order valence-electron chi connectivity index (χ4n) is 5.08. The molecule has 0 spiro atoms. The Hall–Kier alpha value is -0.500. The maximum atomic E-state index is 14.2. The molecule has 4 atom stereocenters. The maximum Gasteiger partial charge on any atom is 0.403 e. The largest absolute Gasteiger partial charge is 0.403 e. The zero-order chi connectivity index (χ0) is 18.9. The highest BCUT2D eigenvalue weighted by molar-refractivity contribution is 5.08. The Morgan fingerprint density at radius 1 is 0.600 bits per heavy atom. The summed E-state index contributed by atoms with van der Waals surface area (Å²) in [6.07, 6.45) is -10.9. The van der Waals surface area contributed by atoms with E-state index in [9.17, 15) is 26.3 Å². The molecule has 0 amide bonds. The van der Waals surface area contributed by atoms with Gasteiger partial charge in [0.2, 0.25) is 0 Å². The molecular weight excluding hydrogens is 350 g/mol. The van der Waals surface area contributed by atoms with Crippen molar-refractivity contribution in [3.8, 4) is 0 Å². The van der Waals surface area contributed by atoms with Crippen molar-refractivity contribution < 1.29 is 35.8 Å². The van der Waals surface area contributed by atoms with Crippen LogP contribution in [0.5, 0.6) is 0 Å². The molecule has 0 aliphatic heterocycles. The molecule has 2 aliphatic rings. The molecule has 2 fully saturated rings. The zero-order valence-corrected chi connectivity index (χ0v) is 14.6. The number of methoxy groups -OCH3 is 2. The van der Waals surface area contributed by atoms with Gasteiger partial charge in [0.25, 0.3) is 0 Å². The molecule has 4 unspecified atom stereocenters. The summed E-state index contributed by atoms with van der Waals surface area (Å²) in [6.45, 7) is 0. The second kappa shape index (κ2) is 7.62. The van der Waals surface area contributed by atoms with Crippen LogP contribution in [0.25, 0.3) is 0 Å². The van der Waals surface area contributed by atoms with Crippen molar-refractivity contribution in [2.45, 2.75) is 75.9 Å². The van der Waals surface area contributed by atoms with Gasteiger partial charge < -0.3 is 9.47 Å². The van der Waals surface area contributed by atoms with Gasteiger partial charge in [0.15, 0.2) is 5.41 Å². The molecule has 0 saturated heterocycles. The summed E-state index contributed by atoms with van der Waals surface area (Å²) < 4.78 is 95.6. The van der Waals surface area contributed by atoms with Crippen LogP contribution in [-0.4, -0.2) is 38.8 Å². The Labute approximate surface area is 144 Å². The van der Waals surface area contributed by atoms with Gasteiger partial charge in [-0.25, -0.2) is 0 Å². The van der Waals surface area contributed by atoms with Gasteiger partial charge in [-0.1, -0.05) is 25.7 Å². The van der Waals surface area contributed by atoms with Crippen LogP contribution in [0.15, 0.2) is 0 Å². The molecule has 2 nitrogen and oxygen atoms in total. The van der Waals surface area contributed by atoms with E-state index in [-0.39, 0.29) is 25.7 Å². The van der Waals surface area contributed by atoms with Crippen LogP contribution in [0, 0.1) is 17.3 Å². The van der Waals surface area contributed by atoms with Crippen LogP contribution < -0.4 is 0 Å². The highest BCUT2D eigenvalue weighted by Crippen LogP contribution is 2.65. The summed E-state index contributed by atoms with van der Waals surface area (Å²) in [6, 6.07) is 0. The second-order valence-corrected chi connectivity index (χ2v) is 7.19. The van der Waals surface area contributed by atoms with Gasteiger partial charge in [-0.05, 0) is 25.7 Å². The van der Waals surface area contributed by atoms with E-state index in [1.165, 1.54) is 14.2 Å². The Morgan fingerprint density at radius 2 is 0.920 bits per heavy atom. The molecule has 0 aromatic rings. The van der Waals surface area contributed by atoms with Crippen LogP contribution in [-0.2, 0) is 9.47 Å². The van der Waals surface area contributed by atoms with E-state index >= 15 is 0 Å². The number of alkyl halides is 6. The van der Waals surface area contributed by atoms with E-state index in [1.807, 2.05) is 0 Å². The molecule has 0 bridgehead atoms. The predicted molar refractivity (Wildman–Crippen MR) is 80.1 cm³/mol. The molecule has 148 valence electrons. The zero-order valence-electron chi connectivity index (χ0n) is 14.6. The lowest BCUT2D eigenvalue weighted by atomic mass is 9.56. The number of rotatable bonds is 4. The van der Waals surface area contributed by atoms with Gasteiger partial charge in [-0.3, -0.25) is 0 Å². The van der Waals surface area contributed by atoms with Gasteiger partial charge in [-0.2, -0.15) is 26.3 Å². The fraction of sp³-hybridized carbons (Fsp3) is 1.00. The molecule has 0 N–H and O–H groups in total. The quantitative estimate of drug-likeness (QED) is 0.603. The van der Waals surface area contributed by atoms with Crippen molar-refractivity contribution in [1.29, 1.82) is 0 Å².